The van der Waals surface area contributed by atoms with Crippen molar-refractivity contribution in [3.8, 4) is 6.07 Å². The lowest BCUT2D eigenvalue weighted by atomic mass is 10.2. The lowest BCUT2D eigenvalue weighted by molar-refractivity contribution is 0.102. The number of carbonyl (C=O) groups excluding carboxylic acids is 1. The van der Waals surface area contributed by atoms with Gasteiger partial charge in [0.2, 0.25) is 0 Å². The normalized spacial score (nSPS) is 9.92. The van der Waals surface area contributed by atoms with Crippen molar-refractivity contribution in [2.75, 3.05) is 10.6 Å². The minimum atomic E-state index is -0.428. The van der Waals surface area contributed by atoms with Crippen molar-refractivity contribution in [2.24, 2.45) is 0 Å². The Morgan fingerprint density at radius 1 is 1.00 bits per heavy atom. The average Bonchev–Trinajstić information content (AvgIpc) is 2.64. The summed E-state index contributed by atoms with van der Waals surface area (Å²) in [6.07, 6.45) is 2.86. The number of halogens is 1. The molecule has 0 bridgehead atoms. The zero-order valence-corrected chi connectivity index (χ0v) is 14.5. The van der Waals surface area contributed by atoms with E-state index in [0.717, 1.165) is 10.2 Å². The van der Waals surface area contributed by atoms with Gasteiger partial charge in [0.25, 0.3) is 5.91 Å². The molecular formula is C18H12BrN5O. The van der Waals surface area contributed by atoms with Gasteiger partial charge >= 0.3 is 0 Å². The number of amides is 1. The molecule has 1 amide bonds. The summed E-state index contributed by atoms with van der Waals surface area (Å²) >= 11 is 3.44. The number of nitriles is 1. The summed E-state index contributed by atoms with van der Waals surface area (Å²) in [4.78, 5) is 20.6. The molecule has 0 aliphatic carbocycles. The summed E-state index contributed by atoms with van der Waals surface area (Å²) in [7, 11) is 0. The Balaban J connectivity index is 1.73. The predicted molar refractivity (Wildman–Crippen MR) is 98.6 cm³/mol. The molecule has 0 radical (unpaired) electrons. The van der Waals surface area contributed by atoms with Crippen molar-refractivity contribution in [3.05, 3.63) is 76.7 Å². The monoisotopic (exact) mass is 393 g/mol. The number of nitrogens with one attached hydrogen (secondary N) is 2. The summed E-state index contributed by atoms with van der Waals surface area (Å²) in [5, 5.41) is 14.8. The molecule has 3 rings (SSSR count). The van der Waals surface area contributed by atoms with Crippen molar-refractivity contribution in [2.45, 2.75) is 0 Å². The predicted octanol–water partition coefficient (Wildman–Crippen LogP) is 4.11. The molecule has 2 N–H and O–H groups in total. The van der Waals surface area contributed by atoms with Crippen LogP contribution in [-0.2, 0) is 0 Å². The molecule has 2 aromatic carbocycles. The van der Waals surface area contributed by atoms with E-state index in [1.165, 1.54) is 12.4 Å². The standard InChI is InChI=1S/C18H12BrN5O/c19-13-6-2-4-8-15(13)23-17-11-21-16(10-22-17)18(25)24-14-7-3-1-5-12(14)9-20/h1-8,10-11H,(H,22,23)(H,24,25). The third kappa shape index (κ3) is 4.00. The number of aromatic nitrogens is 2. The van der Waals surface area contributed by atoms with Crippen molar-refractivity contribution >= 4 is 39.0 Å². The van der Waals surface area contributed by atoms with Crippen molar-refractivity contribution in [1.29, 1.82) is 5.26 Å². The summed E-state index contributed by atoms with van der Waals surface area (Å²) in [5.74, 6) is 0.0866. The molecule has 1 heterocycles. The zero-order chi connectivity index (χ0) is 17.6. The largest absolute Gasteiger partial charge is 0.338 e. The van der Waals surface area contributed by atoms with Crippen LogP contribution in [0.4, 0.5) is 17.2 Å². The van der Waals surface area contributed by atoms with Gasteiger partial charge < -0.3 is 10.6 Å². The Kier molecular flexibility index (Phi) is 5.02. The second-order valence-electron chi connectivity index (χ2n) is 5.00. The Morgan fingerprint density at radius 2 is 1.72 bits per heavy atom. The van der Waals surface area contributed by atoms with Gasteiger partial charge in [-0.15, -0.1) is 0 Å². The fourth-order valence-corrected chi connectivity index (χ4v) is 2.47. The van der Waals surface area contributed by atoms with E-state index in [1.807, 2.05) is 30.3 Å². The van der Waals surface area contributed by atoms with Crippen molar-refractivity contribution in [1.82, 2.24) is 9.97 Å². The fourth-order valence-electron chi connectivity index (χ4n) is 2.09. The van der Waals surface area contributed by atoms with Gasteiger partial charge in [-0.25, -0.2) is 9.97 Å². The summed E-state index contributed by atoms with van der Waals surface area (Å²) < 4.78 is 0.895. The van der Waals surface area contributed by atoms with E-state index < -0.39 is 5.91 Å². The Labute approximate surface area is 152 Å². The molecule has 6 nitrogen and oxygen atoms in total. The lowest BCUT2D eigenvalue weighted by Crippen LogP contribution is -2.15. The molecule has 0 saturated heterocycles. The van der Waals surface area contributed by atoms with Gasteiger partial charge in [0.15, 0.2) is 0 Å². The van der Waals surface area contributed by atoms with Crippen molar-refractivity contribution in [3.63, 3.8) is 0 Å². The second kappa shape index (κ2) is 7.55. The van der Waals surface area contributed by atoms with E-state index in [2.05, 4.69) is 36.5 Å². The number of rotatable bonds is 4. The second-order valence-corrected chi connectivity index (χ2v) is 5.86. The van der Waals surface area contributed by atoms with Crippen LogP contribution in [0.2, 0.25) is 0 Å². The van der Waals surface area contributed by atoms with E-state index in [-0.39, 0.29) is 5.69 Å². The van der Waals surface area contributed by atoms with Crippen molar-refractivity contribution < 1.29 is 4.79 Å². The van der Waals surface area contributed by atoms with Crippen LogP contribution in [0.15, 0.2) is 65.4 Å². The highest BCUT2D eigenvalue weighted by atomic mass is 79.9. The van der Waals surface area contributed by atoms with Gasteiger partial charge in [-0.1, -0.05) is 24.3 Å². The Bertz CT molecular complexity index is 950. The highest BCUT2D eigenvalue weighted by Crippen LogP contribution is 2.24. The minimum absolute atomic E-state index is 0.158. The number of para-hydroxylation sites is 2. The number of anilines is 3. The van der Waals surface area contributed by atoms with Gasteiger partial charge in [-0.05, 0) is 40.2 Å². The first-order valence-electron chi connectivity index (χ1n) is 7.31. The lowest BCUT2D eigenvalue weighted by Gasteiger charge is -2.08. The number of carbonyl (C=O) groups is 1. The highest BCUT2D eigenvalue weighted by molar-refractivity contribution is 9.10. The fraction of sp³-hybridized carbons (Fsp3) is 0. The van der Waals surface area contributed by atoms with Gasteiger partial charge in [-0.3, -0.25) is 4.79 Å². The molecule has 3 aromatic rings. The summed E-state index contributed by atoms with van der Waals surface area (Å²) in [5.41, 5.74) is 1.82. The SMILES string of the molecule is N#Cc1ccccc1NC(=O)c1cnc(Nc2ccccc2Br)cn1. The molecule has 0 atom stereocenters. The average molecular weight is 394 g/mol. The van der Waals surface area contributed by atoms with Crippen LogP contribution in [-0.4, -0.2) is 15.9 Å². The molecule has 0 fully saturated rings. The molecule has 122 valence electrons. The highest BCUT2D eigenvalue weighted by Gasteiger charge is 2.11. The van der Waals surface area contributed by atoms with E-state index >= 15 is 0 Å². The third-order valence-electron chi connectivity index (χ3n) is 3.32. The Hall–Kier alpha value is -3.24. The molecule has 1 aromatic heterocycles. The van der Waals surface area contributed by atoms with Gasteiger partial charge in [0, 0.05) is 4.47 Å². The Morgan fingerprint density at radius 3 is 2.40 bits per heavy atom. The molecule has 0 saturated carbocycles. The first-order valence-corrected chi connectivity index (χ1v) is 8.11. The first kappa shape index (κ1) is 16.6. The quantitative estimate of drug-likeness (QED) is 0.695. The smallest absolute Gasteiger partial charge is 0.275 e. The van der Waals surface area contributed by atoms with Gasteiger partial charge in [0.1, 0.15) is 17.6 Å². The molecule has 7 heteroatoms. The maximum atomic E-state index is 12.3. The number of benzene rings is 2. The van der Waals surface area contributed by atoms with Crippen LogP contribution < -0.4 is 10.6 Å². The minimum Gasteiger partial charge on any atom is -0.338 e. The molecular weight excluding hydrogens is 382 g/mol. The van der Waals surface area contributed by atoms with Crippen LogP contribution in [0.3, 0.4) is 0 Å². The molecule has 0 aliphatic rings. The topological polar surface area (TPSA) is 90.7 Å². The zero-order valence-electron chi connectivity index (χ0n) is 12.9. The van der Waals surface area contributed by atoms with E-state index in [0.29, 0.717) is 17.1 Å². The van der Waals surface area contributed by atoms with Crippen LogP contribution in [0.5, 0.6) is 0 Å². The van der Waals surface area contributed by atoms with E-state index in [4.69, 9.17) is 5.26 Å². The molecule has 25 heavy (non-hydrogen) atoms. The van der Waals surface area contributed by atoms with Gasteiger partial charge in [-0.2, -0.15) is 5.26 Å². The van der Waals surface area contributed by atoms with Crippen LogP contribution in [0.1, 0.15) is 16.1 Å². The third-order valence-corrected chi connectivity index (χ3v) is 4.01. The van der Waals surface area contributed by atoms with Crippen LogP contribution in [0.25, 0.3) is 0 Å². The summed E-state index contributed by atoms with van der Waals surface area (Å²) in [6, 6.07) is 16.4. The number of nitrogens with zero attached hydrogens (tertiary/aromatic N) is 3. The van der Waals surface area contributed by atoms with E-state index in [9.17, 15) is 4.79 Å². The van der Waals surface area contributed by atoms with E-state index in [1.54, 1.807) is 24.3 Å². The molecule has 0 unspecified atom stereocenters. The van der Waals surface area contributed by atoms with Gasteiger partial charge in [0.05, 0.1) is 29.3 Å². The maximum absolute atomic E-state index is 12.3. The first-order chi connectivity index (χ1) is 12.2. The number of hydrogen-bond donors (Lipinski definition) is 2. The molecule has 0 spiro atoms. The van der Waals surface area contributed by atoms with Crippen LogP contribution >= 0.6 is 15.9 Å². The number of hydrogen-bond acceptors (Lipinski definition) is 5. The molecule has 0 aliphatic heterocycles. The maximum Gasteiger partial charge on any atom is 0.275 e. The summed E-state index contributed by atoms with van der Waals surface area (Å²) in [6.45, 7) is 0. The van der Waals surface area contributed by atoms with Crippen LogP contribution in [0, 0.1) is 11.3 Å².